The van der Waals surface area contributed by atoms with Crippen LogP contribution in [0.25, 0.3) is 0 Å². The van der Waals surface area contributed by atoms with Crippen LogP contribution in [-0.4, -0.2) is 47.4 Å². The van der Waals surface area contributed by atoms with Crippen LogP contribution >= 0.6 is 11.8 Å². The molecule has 0 fully saturated rings. The number of carboxylic acid groups (broad SMARTS) is 1. The maximum absolute atomic E-state index is 11.4. The summed E-state index contributed by atoms with van der Waals surface area (Å²) < 4.78 is 5.52. The van der Waals surface area contributed by atoms with E-state index in [1.54, 1.807) is 24.3 Å². The smallest absolute Gasteiger partial charge is 0.327 e. The number of ketones is 1. The molecule has 114 valence electrons. The Morgan fingerprint density at radius 3 is 2.76 bits per heavy atom. The molecule has 0 saturated carbocycles. The van der Waals surface area contributed by atoms with Crippen LogP contribution in [0.1, 0.15) is 17.3 Å². The van der Waals surface area contributed by atoms with E-state index in [1.165, 1.54) is 18.7 Å². The van der Waals surface area contributed by atoms with Gasteiger partial charge in [0.2, 0.25) is 6.41 Å². The van der Waals surface area contributed by atoms with Gasteiger partial charge in [-0.05, 0) is 19.1 Å². The number of rotatable bonds is 10. The average Bonchev–Trinajstić information content (AvgIpc) is 2.45. The molecule has 1 atom stereocenters. The number of ether oxygens (including phenoxy) is 1. The van der Waals surface area contributed by atoms with Crippen LogP contribution in [0, 0.1) is 0 Å². The predicted octanol–water partition coefficient (Wildman–Crippen LogP) is 1.20. The number of para-hydroxylation sites is 1. The lowest BCUT2D eigenvalue weighted by Crippen LogP contribution is -2.38. The van der Waals surface area contributed by atoms with Crippen molar-refractivity contribution in [1.82, 2.24) is 5.32 Å². The first-order valence-corrected chi connectivity index (χ1v) is 7.44. The number of amides is 1. The summed E-state index contributed by atoms with van der Waals surface area (Å²) in [7, 11) is 0. The van der Waals surface area contributed by atoms with Gasteiger partial charge < -0.3 is 15.2 Å². The molecule has 6 nitrogen and oxygen atoms in total. The molecular formula is C14H17NO5S. The first-order valence-electron chi connectivity index (χ1n) is 6.29. The monoisotopic (exact) mass is 311 g/mol. The fraction of sp³-hybridized carbons (Fsp3) is 0.357. The highest BCUT2D eigenvalue weighted by atomic mass is 32.2. The lowest BCUT2D eigenvalue weighted by molar-refractivity contribution is -0.139. The van der Waals surface area contributed by atoms with Crippen molar-refractivity contribution in [1.29, 1.82) is 0 Å². The number of thioether (sulfide) groups is 1. The summed E-state index contributed by atoms with van der Waals surface area (Å²) in [5.74, 6) is 0.186. The molecule has 0 radical (unpaired) electrons. The zero-order chi connectivity index (χ0) is 15.7. The van der Waals surface area contributed by atoms with Gasteiger partial charge in [-0.2, -0.15) is 11.8 Å². The lowest BCUT2D eigenvalue weighted by atomic mass is 10.1. The van der Waals surface area contributed by atoms with Crippen molar-refractivity contribution in [3.8, 4) is 5.75 Å². The van der Waals surface area contributed by atoms with Gasteiger partial charge in [0.1, 0.15) is 11.8 Å². The number of nitrogens with one attached hydrogen (secondary N) is 1. The Hall–Kier alpha value is -2.02. The average molecular weight is 311 g/mol. The molecule has 7 heteroatoms. The minimum atomic E-state index is -1.07. The molecule has 1 aromatic rings. The van der Waals surface area contributed by atoms with Crippen molar-refractivity contribution < 1.29 is 24.2 Å². The van der Waals surface area contributed by atoms with E-state index in [4.69, 9.17) is 9.84 Å². The second-order valence-electron chi connectivity index (χ2n) is 4.15. The Bertz CT molecular complexity index is 506. The van der Waals surface area contributed by atoms with Crippen molar-refractivity contribution in [2.45, 2.75) is 13.0 Å². The predicted molar refractivity (Wildman–Crippen MR) is 79.9 cm³/mol. The van der Waals surface area contributed by atoms with Crippen molar-refractivity contribution in [3.63, 3.8) is 0 Å². The molecule has 21 heavy (non-hydrogen) atoms. The number of benzene rings is 1. The minimum Gasteiger partial charge on any atom is -0.492 e. The number of hydrogen-bond acceptors (Lipinski definition) is 5. The van der Waals surface area contributed by atoms with Gasteiger partial charge in [-0.1, -0.05) is 12.1 Å². The molecule has 1 aromatic carbocycles. The van der Waals surface area contributed by atoms with E-state index in [0.29, 0.717) is 30.1 Å². The Morgan fingerprint density at radius 2 is 2.14 bits per heavy atom. The zero-order valence-electron chi connectivity index (χ0n) is 11.6. The summed E-state index contributed by atoms with van der Waals surface area (Å²) in [5, 5.41) is 11.1. The topological polar surface area (TPSA) is 92.7 Å². The molecule has 1 rings (SSSR count). The molecule has 0 aliphatic rings. The molecule has 0 aromatic heterocycles. The zero-order valence-corrected chi connectivity index (χ0v) is 12.4. The molecule has 2 N–H and O–H groups in total. The Balaban J connectivity index is 2.36. The van der Waals surface area contributed by atoms with Crippen LogP contribution in [0.2, 0.25) is 0 Å². The fourth-order valence-corrected chi connectivity index (χ4v) is 2.41. The molecule has 0 spiro atoms. The van der Waals surface area contributed by atoms with Crippen LogP contribution in [0.4, 0.5) is 0 Å². The molecular weight excluding hydrogens is 294 g/mol. The fourth-order valence-electron chi connectivity index (χ4n) is 1.57. The molecule has 0 aliphatic heterocycles. The molecule has 1 amide bonds. The first-order chi connectivity index (χ1) is 10.1. The van der Waals surface area contributed by atoms with Crippen LogP contribution in [0.15, 0.2) is 24.3 Å². The van der Waals surface area contributed by atoms with E-state index in [0.717, 1.165) is 0 Å². The summed E-state index contributed by atoms with van der Waals surface area (Å²) in [6.45, 7) is 1.82. The highest BCUT2D eigenvalue weighted by molar-refractivity contribution is 7.99. The first kappa shape index (κ1) is 17.0. The maximum Gasteiger partial charge on any atom is 0.327 e. The number of carbonyl (C=O) groups is 3. The molecule has 0 saturated heterocycles. The number of Topliss-reactive ketones (excluding diaryl/α,β-unsaturated/α-hetero) is 1. The highest BCUT2D eigenvalue weighted by Gasteiger charge is 2.15. The van der Waals surface area contributed by atoms with Crippen molar-refractivity contribution >= 4 is 29.9 Å². The number of carbonyl (C=O) groups excluding carboxylic acids is 2. The number of hydrogen-bond donors (Lipinski definition) is 2. The summed E-state index contributed by atoms with van der Waals surface area (Å²) in [5.41, 5.74) is 0.522. The molecule has 0 heterocycles. The number of aliphatic carboxylic acids is 1. The highest BCUT2D eigenvalue weighted by Crippen LogP contribution is 2.18. The quantitative estimate of drug-likeness (QED) is 0.383. The maximum atomic E-state index is 11.4. The summed E-state index contributed by atoms with van der Waals surface area (Å²) in [6.07, 6.45) is 0.374. The third-order valence-corrected chi connectivity index (χ3v) is 3.63. The molecule has 0 aliphatic carbocycles. The normalized spacial score (nSPS) is 11.5. The van der Waals surface area contributed by atoms with E-state index < -0.39 is 12.0 Å². The summed E-state index contributed by atoms with van der Waals surface area (Å²) >= 11 is 1.35. The van der Waals surface area contributed by atoms with E-state index >= 15 is 0 Å². The van der Waals surface area contributed by atoms with Crippen LogP contribution in [0.5, 0.6) is 5.75 Å². The van der Waals surface area contributed by atoms with E-state index in [1.807, 2.05) is 0 Å². The van der Waals surface area contributed by atoms with E-state index in [2.05, 4.69) is 5.32 Å². The van der Waals surface area contributed by atoms with E-state index in [9.17, 15) is 14.4 Å². The Kier molecular flexibility index (Phi) is 7.31. The Morgan fingerprint density at radius 1 is 1.43 bits per heavy atom. The summed E-state index contributed by atoms with van der Waals surface area (Å²) in [6, 6.07) is 6.05. The van der Waals surface area contributed by atoms with E-state index in [-0.39, 0.29) is 11.5 Å². The molecule has 1 unspecified atom stereocenters. The Labute approximate surface area is 126 Å². The van der Waals surface area contributed by atoms with Gasteiger partial charge >= 0.3 is 5.97 Å². The third-order valence-electron chi connectivity index (χ3n) is 2.60. The van der Waals surface area contributed by atoms with Gasteiger partial charge in [-0.3, -0.25) is 9.59 Å². The third kappa shape index (κ3) is 5.86. The van der Waals surface area contributed by atoms with Crippen LogP contribution < -0.4 is 10.1 Å². The standard InChI is InChI=1S/C14H17NO5S/c1-10(17)11-4-2-3-5-13(11)20-6-7-21-8-12(14(18)19)15-9-16/h2-5,9,12H,6-8H2,1H3,(H,15,16)(H,18,19). The van der Waals surface area contributed by atoms with Gasteiger partial charge in [0.25, 0.3) is 0 Å². The van der Waals surface area contributed by atoms with Crippen molar-refractivity contribution in [3.05, 3.63) is 29.8 Å². The van der Waals surface area contributed by atoms with Crippen LogP contribution in [-0.2, 0) is 9.59 Å². The SMILES string of the molecule is CC(=O)c1ccccc1OCCSCC(NC=O)C(=O)O. The second-order valence-corrected chi connectivity index (χ2v) is 5.30. The van der Waals surface area contributed by atoms with Crippen molar-refractivity contribution in [2.75, 3.05) is 18.1 Å². The largest absolute Gasteiger partial charge is 0.492 e. The van der Waals surface area contributed by atoms with Gasteiger partial charge in [0.15, 0.2) is 5.78 Å². The van der Waals surface area contributed by atoms with Gasteiger partial charge in [0, 0.05) is 11.5 Å². The second kappa shape index (κ2) is 9.02. The van der Waals surface area contributed by atoms with Crippen molar-refractivity contribution in [2.24, 2.45) is 0 Å². The van der Waals surface area contributed by atoms with Gasteiger partial charge in [-0.15, -0.1) is 0 Å². The van der Waals surface area contributed by atoms with Gasteiger partial charge in [-0.25, -0.2) is 4.79 Å². The molecule has 0 bridgehead atoms. The van der Waals surface area contributed by atoms with Crippen LogP contribution in [0.3, 0.4) is 0 Å². The summed E-state index contributed by atoms with van der Waals surface area (Å²) in [4.78, 5) is 32.4. The van der Waals surface area contributed by atoms with Gasteiger partial charge in [0.05, 0.1) is 12.2 Å². The minimum absolute atomic E-state index is 0.0700. The lowest BCUT2D eigenvalue weighted by Gasteiger charge is -2.12. The number of carboxylic acids is 1.